The molecule has 0 atom stereocenters. The Morgan fingerprint density at radius 1 is 1.57 bits per heavy atom. The van der Waals surface area contributed by atoms with E-state index in [2.05, 4.69) is 5.10 Å². The summed E-state index contributed by atoms with van der Waals surface area (Å²) < 4.78 is 6.80. The smallest absolute Gasteiger partial charge is 0.184 e. The molecule has 0 N–H and O–H groups in total. The number of aromatic nitrogens is 2. The third-order valence-corrected chi connectivity index (χ3v) is 2.05. The van der Waals surface area contributed by atoms with E-state index in [4.69, 9.17) is 4.74 Å². The SMILES string of the molecule is CCCn1ncc(OC)c1C(=O)CC. The van der Waals surface area contributed by atoms with Gasteiger partial charge in [0.05, 0.1) is 13.3 Å². The molecule has 14 heavy (non-hydrogen) atoms. The zero-order valence-corrected chi connectivity index (χ0v) is 8.91. The molecule has 78 valence electrons. The molecule has 0 spiro atoms. The number of hydrogen-bond donors (Lipinski definition) is 0. The van der Waals surface area contributed by atoms with Crippen LogP contribution in [0.2, 0.25) is 0 Å². The number of Topliss-reactive ketones (excluding diaryl/α,β-unsaturated/α-hetero) is 1. The molecule has 0 aliphatic heterocycles. The standard InChI is InChI=1S/C10H16N2O2/c1-4-6-12-10(8(13)5-2)9(14-3)7-11-12/h7H,4-6H2,1-3H3. The highest BCUT2D eigenvalue weighted by Crippen LogP contribution is 2.19. The predicted molar refractivity (Wildman–Crippen MR) is 53.7 cm³/mol. The highest BCUT2D eigenvalue weighted by atomic mass is 16.5. The second-order valence-electron chi connectivity index (χ2n) is 3.06. The topological polar surface area (TPSA) is 44.1 Å². The van der Waals surface area contributed by atoms with Gasteiger partial charge in [-0.3, -0.25) is 9.48 Å². The Labute approximate surface area is 83.9 Å². The Morgan fingerprint density at radius 3 is 2.79 bits per heavy atom. The van der Waals surface area contributed by atoms with E-state index in [1.165, 1.54) is 0 Å². The first-order chi connectivity index (χ1) is 6.74. The third kappa shape index (κ3) is 1.95. The summed E-state index contributed by atoms with van der Waals surface area (Å²) in [4.78, 5) is 11.6. The summed E-state index contributed by atoms with van der Waals surface area (Å²) in [6.45, 7) is 4.64. The lowest BCUT2D eigenvalue weighted by atomic mass is 10.2. The average molecular weight is 196 g/mol. The second kappa shape index (κ2) is 4.79. The maximum absolute atomic E-state index is 11.6. The largest absolute Gasteiger partial charge is 0.493 e. The molecule has 0 aliphatic rings. The molecule has 0 amide bonds. The van der Waals surface area contributed by atoms with Crippen molar-refractivity contribution in [1.29, 1.82) is 0 Å². The molecular formula is C10H16N2O2. The number of carbonyl (C=O) groups excluding carboxylic acids is 1. The Hall–Kier alpha value is -1.32. The number of hydrogen-bond acceptors (Lipinski definition) is 3. The maximum atomic E-state index is 11.6. The van der Waals surface area contributed by atoms with Gasteiger partial charge in [-0.05, 0) is 6.42 Å². The quantitative estimate of drug-likeness (QED) is 0.675. The van der Waals surface area contributed by atoms with Crippen molar-refractivity contribution in [3.63, 3.8) is 0 Å². The summed E-state index contributed by atoms with van der Waals surface area (Å²) in [6.07, 6.45) is 3.03. The van der Waals surface area contributed by atoms with E-state index in [-0.39, 0.29) is 5.78 Å². The molecule has 1 rings (SSSR count). The van der Waals surface area contributed by atoms with Gasteiger partial charge in [-0.25, -0.2) is 0 Å². The molecule has 1 aromatic rings. The monoisotopic (exact) mass is 196 g/mol. The first-order valence-corrected chi connectivity index (χ1v) is 4.87. The molecule has 0 fully saturated rings. The molecule has 0 saturated carbocycles. The third-order valence-electron chi connectivity index (χ3n) is 2.05. The fourth-order valence-electron chi connectivity index (χ4n) is 1.35. The highest BCUT2D eigenvalue weighted by molar-refractivity contribution is 5.96. The van der Waals surface area contributed by atoms with Crippen molar-refractivity contribution >= 4 is 5.78 Å². The maximum Gasteiger partial charge on any atom is 0.184 e. The van der Waals surface area contributed by atoms with Gasteiger partial charge < -0.3 is 4.74 Å². The molecule has 0 bridgehead atoms. The molecule has 0 radical (unpaired) electrons. The van der Waals surface area contributed by atoms with Gasteiger partial charge in [0.2, 0.25) is 0 Å². The van der Waals surface area contributed by atoms with Gasteiger partial charge in [0, 0.05) is 13.0 Å². The summed E-state index contributed by atoms with van der Waals surface area (Å²) in [5.74, 6) is 0.651. The summed E-state index contributed by atoms with van der Waals surface area (Å²) >= 11 is 0. The number of ketones is 1. The van der Waals surface area contributed by atoms with E-state index in [1.807, 2.05) is 13.8 Å². The Bertz CT molecular complexity index is 318. The van der Waals surface area contributed by atoms with E-state index in [0.717, 1.165) is 13.0 Å². The van der Waals surface area contributed by atoms with Gasteiger partial charge in [-0.15, -0.1) is 0 Å². The summed E-state index contributed by atoms with van der Waals surface area (Å²) in [6, 6.07) is 0. The van der Waals surface area contributed by atoms with E-state index in [0.29, 0.717) is 17.9 Å². The van der Waals surface area contributed by atoms with Gasteiger partial charge >= 0.3 is 0 Å². The lowest BCUT2D eigenvalue weighted by Crippen LogP contribution is -2.10. The summed E-state index contributed by atoms with van der Waals surface area (Å²) in [5, 5.41) is 4.12. The lowest BCUT2D eigenvalue weighted by molar-refractivity contribution is 0.0974. The number of rotatable bonds is 5. The summed E-state index contributed by atoms with van der Waals surface area (Å²) in [7, 11) is 1.56. The number of carbonyl (C=O) groups is 1. The van der Waals surface area contributed by atoms with Gasteiger partial charge in [0.15, 0.2) is 11.5 Å². The van der Waals surface area contributed by atoms with Crippen molar-refractivity contribution in [3.8, 4) is 5.75 Å². The molecule has 1 aromatic heterocycles. The van der Waals surface area contributed by atoms with Gasteiger partial charge in [0.1, 0.15) is 5.69 Å². The minimum absolute atomic E-state index is 0.0767. The predicted octanol–water partition coefficient (Wildman–Crippen LogP) is 1.89. The van der Waals surface area contributed by atoms with Crippen LogP contribution in [0.1, 0.15) is 37.2 Å². The molecule has 0 saturated heterocycles. The normalized spacial score (nSPS) is 10.2. The molecule has 1 heterocycles. The Balaban J connectivity index is 3.05. The van der Waals surface area contributed by atoms with E-state index < -0.39 is 0 Å². The highest BCUT2D eigenvalue weighted by Gasteiger charge is 2.16. The lowest BCUT2D eigenvalue weighted by Gasteiger charge is -2.05. The number of ether oxygens (including phenoxy) is 1. The Morgan fingerprint density at radius 2 is 2.29 bits per heavy atom. The van der Waals surface area contributed by atoms with Crippen molar-refractivity contribution in [2.24, 2.45) is 0 Å². The van der Waals surface area contributed by atoms with Crippen LogP contribution >= 0.6 is 0 Å². The second-order valence-corrected chi connectivity index (χ2v) is 3.06. The van der Waals surface area contributed by atoms with Crippen LogP contribution in [0.3, 0.4) is 0 Å². The van der Waals surface area contributed by atoms with Crippen LogP contribution < -0.4 is 4.74 Å². The molecule has 0 unspecified atom stereocenters. The first kappa shape index (κ1) is 10.8. The minimum Gasteiger partial charge on any atom is -0.493 e. The first-order valence-electron chi connectivity index (χ1n) is 4.87. The van der Waals surface area contributed by atoms with Crippen molar-refractivity contribution in [2.75, 3.05) is 7.11 Å². The van der Waals surface area contributed by atoms with Crippen molar-refractivity contribution < 1.29 is 9.53 Å². The van der Waals surface area contributed by atoms with Gasteiger partial charge in [-0.1, -0.05) is 13.8 Å². The van der Waals surface area contributed by atoms with E-state index >= 15 is 0 Å². The zero-order valence-electron chi connectivity index (χ0n) is 8.91. The molecule has 4 nitrogen and oxygen atoms in total. The molecule has 4 heteroatoms. The van der Waals surface area contributed by atoms with Crippen LogP contribution in [0, 0.1) is 0 Å². The van der Waals surface area contributed by atoms with Crippen LogP contribution in [0.15, 0.2) is 6.20 Å². The minimum atomic E-state index is 0.0767. The number of nitrogens with zero attached hydrogens (tertiary/aromatic N) is 2. The molecular weight excluding hydrogens is 180 g/mol. The van der Waals surface area contributed by atoms with E-state index in [1.54, 1.807) is 18.0 Å². The number of methoxy groups -OCH3 is 1. The average Bonchev–Trinajstić information content (AvgIpc) is 2.60. The fourth-order valence-corrected chi connectivity index (χ4v) is 1.35. The van der Waals surface area contributed by atoms with Crippen LogP contribution in [0.4, 0.5) is 0 Å². The van der Waals surface area contributed by atoms with Crippen molar-refractivity contribution in [3.05, 3.63) is 11.9 Å². The van der Waals surface area contributed by atoms with E-state index in [9.17, 15) is 4.79 Å². The van der Waals surface area contributed by atoms with Crippen LogP contribution in [-0.4, -0.2) is 22.7 Å². The molecule has 0 aliphatic carbocycles. The van der Waals surface area contributed by atoms with Crippen molar-refractivity contribution in [1.82, 2.24) is 9.78 Å². The van der Waals surface area contributed by atoms with Crippen LogP contribution in [-0.2, 0) is 6.54 Å². The van der Waals surface area contributed by atoms with Crippen LogP contribution in [0.25, 0.3) is 0 Å². The zero-order chi connectivity index (χ0) is 10.6. The molecule has 0 aromatic carbocycles. The number of aryl methyl sites for hydroxylation is 1. The summed E-state index contributed by atoms with van der Waals surface area (Å²) in [5.41, 5.74) is 0.594. The fraction of sp³-hybridized carbons (Fsp3) is 0.600. The van der Waals surface area contributed by atoms with Gasteiger partial charge in [-0.2, -0.15) is 5.10 Å². The Kier molecular flexibility index (Phi) is 3.68. The van der Waals surface area contributed by atoms with Crippen molar-refractivity contribution in [2.45, 2.75) is 33.2 Å². The van der Waals surface area contributed by atoms with Crippen LogP contribution in [0.5, 0.6) is 5.75 Å². The van der Waals surface area contributed by atoms with Gasteiger partial charge in [0.25, 0.3) is 0 Å².